The molecule has 4 nitrogen and oxygen atoms in total. The van der Waals surface area contributed by atoms with E-state index < -0.39 is 0 Å². The van der Waals surface area contributed by atoms with Gasteiger partial charge in [0.25, 0.3) is 0 Å². The number of ketones is 2. The van der Waals surface area contributed by atoms with Gasteiger partial charge >= 0.3 is 0 Å². The SMILES string of the molecule is CC(C)C[C@H](N)C(=O)CCSCCCCCCCCCCSCCC(=O)[C@@H](N)CC(C)C.Cl.Cl. The van der Waals surface area contributed by atoms with Crippen LogP contribution < -0.4 is 11.5 Å². The summed E-state index contributed by atoms with van der Waals surface area (Å²) in [4.78, 5) is 23.9. The Hall–Kier alpha value is 0.540. The number of rotatable bonds is 23. The summed E-state index contributed by atoms with van der Waals surface area (Å²) < 4.78 is 0. The van der Waals surface area contributed by atoms with Crippen molar-refractivity contribution in [2.24, 2.45) is 23.3 Å². The fourth-order valence-corrected chi connectivity index (χ4v) is 5.58. The van der Waals surface area contributed by atoms with E-state index in [4.69, 9.17) is 11.5 Å². The van der Waals surface area contributed by atoms with Crippen LogP contribution in [-0.4, -0.2) is 46.7 Å². The van der Waals surface area contributed by atoms with E-state index >= 15 is 0 Å². The van der Waals surface area contributed by atoms with Gasteiger partial charge in [0.2, 0.25) is 0 Å². The normalized spacial score (nSPS) is 12.8. The quantitative estimate of drug-likeness (QED) is 0.130. The van der Waals surface area contributed by atoms with Crippen molar-refractivity contribution in [1.29, 1.82) is 0 Å². The van der Waals surface area contributed by atoms with Crippen LogP contribution in [0.1, 0.15) is 105 Å². The minimum atomic E-state index is -0.267. The Bertz CT molecular complexity index is 442. The molecule has 0 unspecified atom stereocenters. The summed E-state index contributed by atoms with van der Waals surface area (Å²) in [5.41, 5.74) is 11.9. The van der Waals surface area contributed by atoms with E-state index in [2.05, 4.69) is 27.7 Å². The van der Waals surface area contributed by atoms with Crippen LogP contribution in [0.2, 0.25) is 0 Å². The predicted molar refractivity (Wildman–Crippen MR) is 160 cm³/mol. The standard InChI is InChI=1S/C26H52N2O2S2.2ClH/c1-21(2)19-23(27)25(29)13-17-31-15-11-9-7-5-6-8-10-12-16-32-18-14-26(30)24(28)20-22(3)4;;/h21-24H,5-20,27-28H2,1-4H3;2*1H/t23-,24-;;/m0../s1. The number of nitrogens with two attached hydrogens (primary N) is 2. The molecular weight excluding hydrogens is 507 g/mol. The van der Waals surface area contributed by atoms with Gasteiger partial charge in [-0.25, -0.2) is 0 Å². The van der Waals surface area contributed by atoms with E-state index in [0.717, 1.165) is 35.9 Å². The molecule has 0 bridgehead atoms. The van der Waals surface area contributed by atoms with Crippen LogP contribution in [0.4, 0.5) is 0 Å². The van der Waals surface area contributed by atoms with Gasteiger partial charge in [0, 0.05) is 24.3 Å². The highest BCUT2D eigenvalue weighted by molar-refractivity contribution is 7.99. The van der Waals surface area contributed by atoms with Gasteiger partial charge in [-0.1, -0.05) is 66.2 Å². The highest BCUT2D eigenvalue weighted by atomic mass is 35.5. The number of hydrogen-bond donors (Lipinski definition) is 2. The summed E-state index contributed by atoms with van der Waals surface area (Å²) in [7, 11) is 0. The highest BCUT2D eigenvalue weighted by Crippen LogP contribution is 2.15. The summed E-state index contributed by atoms with van der Waals surface area (Å²) >= 11 is 3.80. The lowest BCUT2D eigenvalue weighted by molar-refractivity contribution is -0.121. The molecular formula is C26H54Cl2N2O2S2. The molecule has 0 aromatic carbocycles. The molecule has 0 heterocycles. The Morgan fingerprint density at radius 2 is 0.853 bits per heavy atom. The maximum atomic E-state index is 11.9. The summed E-state index contributed by atoms with van der Waals surface area (Å²) in [5.74, 6) is 5.59. The van der Waals surface area contributed by atoms with Gasteiger partial charge in [-0.05, 0) is 49.0 Å². The number of carbonyl (C=O) groups is 2. The number of halogens is 2. The third-order valence-electron chi connectivity index (χ3n) is 5.59. The first-order valence-electron chi connectivity index (χ1n) is 13.0. The van der Waals surface area contributed by atoms with Crippen molar-refractivity contribution < 1.29 is 9.59 Å². The van der Waals surface area contributed by atoms with Gasteiger partial charge in [-0.2, -0.15) is 23.5 Å². The first-order valence-corrected chi connectivity index (χ1v) is 15.3. The van der Waals surface area contributed by atoms with E-state index in [1.54, 1.807) is 0 Å². The second-order valence-corrected chi connectivity index (χ2v) is 12.4. The van der Waals surface area contributed by atoms with Gasteiger partial charge in [0.05, 0.1) is 12.1 Å². The lowest BCUT2D eigenvalue weighted by atomic mass is 10.00. The second-order valence-electron chi connectivity index (χ2n) is 9.96. The van der Waals surface area contributed by atoms with Crippen molar-refractivity contribution in [1.82, 2.24) is 0 Å². The van der Waals surface area contributed by atoms with Gasteiger partial charge in [0.1, 0.15) is 11.6 Å². The van der Waals surface area contributed by atoms with Crippen LogP contribution in [0, 0.1) is 11.8 Å². The summed E-state index contributed by atoms with van der Waals surface area (Å²) in [6.45, 7) is 8.44. The monoisotopic (exact) mass is 560 g/mol. The van der Waals surface area contributed by atoms with Crippen LogP contribution in [0.25, 0.3) is 0 Å². The molecule has 0 aromatic rings. The molecule has 206 valence electrons. The van der Waals surface area contributed by atoms with Gasteiger partial charge in [0.15, 0.2) is 0 Å². The number of hydrogen-bond acceptors (Lipinski definition) is 6. The highest BCUT2D eigenvalue weighted by Gasteiger charge is 2.15. The Morgan fingerprint density at radius 1 is 0.559 bits per heavy atom. The van der Waals surface area contributed by atoms with Crippen molar-refractivity contribution >= 4 is 59.9 Å². The second kappa shape index (κ2) is 26.6. The molecule has 0 radical (unpaired) electrons. The molecule has 0 spiro atoms. The van der Waals surface area contributed by atoms with E-state index in [0.29, 0.717) is 24.7 Å². The van der Waals surface area contributed by atoms with Gasteiger partial charge in [-0.3, -0.25) is 9.59 Å². The van der Waals surface area contributed by atoms with Crippen molar-refractivity contribution in [3.05, 3.63) is 0 Å². The number of thioether (sulfide) groups is 2. The maximum absolute atomic E-state index is 11.9. The molecule has 0 aromatic heterocycles. The average Bonchev–Trinajstić information content (AvgIpc) is 2.71. The molecule has 0 aliphatic carbocycles. The third kappa shape index (κ3) is 25.6. The van der Waals surface area contributed by atoms with E-state index in [1.165, 1.54) is 51.4 Å². The zero-order valence-electron chi connectivity index (χ0n) is 22.2. The lowest BCUT2D eigenvalue weighted by Crippen LogP contribution is -2.32. The van der Waals surface area contributed by atoms with Gasteiger partial charge < -0.3 is 11.5 Å². The number of carbonyl (C=O) groups excluding carboxylic acids is 2. The van der Waals surface area contributed by atoms with E-state index in [-0.39, 0.29) is 48.5 Å². The van der Waals surface area contributed by atoms with Crippen LogP contribution in [0.15, 0.2) is 0 Å². The Kier molecular flexibility index (Phi) is 30.6. The minimum Gasteiger partial charge on any atom is -0.322 e. The van der Waals surface area contributed by atoms with Crippen LogP contribution in [0.5, 0.6) is 0 Å². The van der Waals surface area contributed by atoms with Crippen molar-refractivity contribution in [2.75, 3.05) is 23.0 Å². The largest absolute Gasteiger partial charge is 0.322 e. The Labute approximate surface area is 231 Å². The molecule has 0 amide bonds. The Morgan fingerprint density at radius 3 is 1.15 bits per heavy atom. The molecule has 0 saturated heterocycles. The van der Waals surface area contributed by atoms with Crippen molar-refractivity contribution in [3.8, 4) is 0 Å². The van der Waals surface area contributed by atoms with E-state index in [1.807, 2.05) is 23.5 Å². The van der Waals surface area contributed by atoms with Crippen LogP contribution >= 0.6 is 48.3 Å². The number of Topliss-reactive ketones (excluding diaryl/α,β-unsaturated/α-hetero) is 2. The number of unbranched alkanes of at least 4 members (excludes halogenated alkanes) is 7. The van der Waals surface area contributed by atoms with Gasteiger partial charge in [-0.15, -0.1) is 24.8 Å². The topological polar surface area (TPSA) is 86.2 Å². The lowest BCUT2D eigenvalue weighted by Gasteiger charge is -2.12. The van der Waals surface area contributed by atoms with Crippen molar-refractivity contribution in [3.63, 3.8) is 0 Å². The molecule has 8 heteroatoms. The molecule has 0 rings (SSSR count). The fraction of sp³-hybridized carbons (Fsp3) is 0.923. The molecule has 0 aliphatic rings. The Balaban J connectivity index is -0.00000480. The molecule has 4 N–H and O–H groups in total. The van der Waals surface area contributed by atoms with E-state index in [9.17, 15) is 9.59 Å². The van der Waals surface area contributed by atoms with Crippen molar-refractivity contribution in [2.45, 2.75) is 117 Å². The molecule has 34 heavy (non-hydrogen) atoms. The predicted octanol–water partition coefficient (Wildman–Crippen LogP) is 7.08. The average molecular weight is 562 g/mol. The molecule has 2 atom stereocenters. The smallest absolute Gasteiger partial charge is 0.150 e. The van der Waals surface area contributed by atoms with Crippen LogP contribution in [0.3, 0.4) is 0 Å². The fourth-order valence-electron chi connectivity index (χ4n) is 3.67. The zero-order valence-corrected chi connectivity index (χ0v) is 25.5. The maximum Gasteiger partial charge on any atom is 0.150 e. The van der Waals surface area contributed by atoms with Crippen LogP contribution in [-0.2, 0) is 9.59 Å². The molecule has 0 fully saturated rings. The summed E-state index contributed by atoms with van der Waals surface area (Å²) in [6.07, 6.45) is 13.3. The minimum absolute atomic E-state index is 0. The molecule has 0 saturated carbocycles. The molecule has 0 aliphatic heterocycles. The zero-order chi connectivity index (χ0) is 24.2. The third-order valence-corrected chi connectivity index (χ3v) is 7.73. The summed E-state index contributed by atoms with van der Waals surface area (Å²) in [6, 6.07) is -0.534. The first kappa shape index (κ1) is 39.1. The summed E-state index contributed by atoms with van der Waals surface area (Å²) in [5, 5.41) is 0. The first-order chi connectivity index (χ1) is 15.2.